The number of allylic oxidation sites excluding steroid dienone is 4. The van der Waals surface area contributed by atoms with Gasteiger partial charge in [0, 0.05) is 0 Å². The first-order valence-electron chi connectivity index (χ1n) is 12.1. The van der Waals surface area contributed by atoms with Gasteiger partial charge in [0.15, 0.2) is 0 Å². The minimum absolute atomic E-state index is 0.890. The molecule has 2 saturated carbocycles. The molecule has 0 spiro atoms. The Morgan fingerprint density at radius 1 is 0.577 bits per heavy atom. The van der Waals surface area contributed by atoms with Gasteiger partial charge in [-0.3, -0.25) is 0 Å². The summed E-state index contributed by atoms with van der Waals surface area (Å²) in [5, 5.41) is 0. The highest BCUT2D eigenvalue weighted by Gasteiger charge is 2.20. The van der Waals surface area contributed by atoms with Crippen LogP contribution in [-0.2, 0) is 0 Å². The highest BCUT2D eigenvalue weighted by Crippen LogP contribution is 2.34. The van der Waals surface area contributed by atoms with Crippen LogP contribution in [0, 0.1) is 23.7 Å². The molecule has 0 bridgehead atoms. The second kappa shape index (κ2) is 13.6. The van der Waals surface area contributed by atoms with Gasteiger partial charge in [0.05, 0.1) is 0 Å². The second-order valence-corrected chi connectivity index (χ2v) is 9.28. The van der Waals surface area contributed by atoms with Gasteiger partial charge < -0.3 is 0 Å². The fraction of sp³-hybridized carbons (Fsp3) is 0.846. The highest BCUT2D eigenvalue weighted by atomic mass is 14.3. The van der Waals surface area contributed by atoms with Gasteiger partial charge in [-0.05, 0) is 94.3 Å². The van der Waals surface area contributed by atoms with Gasteiger partial charge in [0.1, 0.15) is 0 Å². The summed E-state index contributed by atoms with van der Waals surface area (Å²) in [6.07, 6.45) is 32.9. The van der Waals surface area contributed by atoms with Crippen molar-refractivity contribution in [2.24, 2.45) is 23.7 Å². The SMILES string of the molecule is CCC/C=C/[C@H]1CC[C@H](CC/C=C/[C@H]2CC[C@H](CCCCC)CC2)CC1. The standard InChI is InChI=1S/C26H46/c1-3-5-7-11-23-15-19-25(20-16-23)13-9-10-14-26-21-17-24(18-22-26)12-8-6-4-2/h7,10-11,14,23-26H,3-6,8-9,12-13,15-22H2,1-2H3/b11-7+,14-10+/t23-,24-,25-,26-. The van der Waals surface area contributed by atoms with E-state index < -0.39 is 0 Å². The summed E-state index contributed by atoms with van der Waals surface area (Å²) in [7, 11) is 0. The van der Waals surface area contributed by atoms with Crippen molar-refractivity contribution in [2.75, 3.05) is 0 Å². The lowest BCUT2D eigenvalue weighted by atomic mass is 9.79. The minimum Gasteiger partial charge on any atom is -0.0883 e. The van der Waals surface area contributed by atoms with E-state index in [2.05, 4.69) is 38.2 Å². The molecule has 2 aliphatic rings. The Hall–Kier alpha value is -0.520. The lowest BCUT2D eigenvalue weighted by Crippen LogP contribution is -2.13. The lowest BCUT2D eigenvalue weighted by molar-refractivity contribution is 0.287. The molecule has 0 unspecified atom stereocenters. The van der Waals surface area contributed by atoms with Crippen LogP contribution in [-0.4, -0.2) is 0 Å². The lowest BCUT2D eigenvalue weighted by Gasteiger charge is -2.27. The maximum atomic E-state index is 2.58. The van der Waals surface area contributed by atoms with Gasteiger partial charge in [-0.15, -0.1) is 0 Å². The van der Waals surface area contributed by atoms with Crippen LogP contribution in [0.1, 0.15) is 117 Å². The highest BCUT2D eigenvalue weighted by molar-refractivity contribution is 4.93. The van der Waals surface area contributed by atoms with Crippen molar-refractivity contribution in [1.82, 2.24) is 0 Å². The maximum Gasteiger partial charge on any atom is -0.0233 e. The van der Waals surface area contributed by atoms with E-state index >= 15 is 0 Å². The molecule has 0 atom stereocenters. The van der Waals surface area contributed by atoms with Crippen LogP contribution in [0.15, 0.2) is 24.3 Å². The summed E-state index contributed by atoms with van der Waals surface area (Å²) in [4.78, 5) is 0. The summed E-state index contributed by atoms with van der Waals surface area (Å²) in [5.41, 5.74) is 0. The Kier molecular flexibility index (Phi) is 11.4. The van der Waals surface area contributed by atoms with Gasteiger partial charge in [-0.2, -0.15) is 0 Å². The molecule has 0 amide bonds. The third kappa shape index (κ3) is 8.92. The van der Waals surface area contributed by atoms with Gasteiger partial charge in [-0.25, -0.2) is 0 Å². The third-order valence-corrected chi connectivity index (χ3v) is 7.01. The zero-order valence-electron chi connectivity index (χ0n) is 17.9. The van der Waals surface area contributed by atoms with E-state index in [9.17, 15) is 0 Å². The summed E-state index contributed by atoms with van der Waals surface area (Å²) in [5.74, 6) is 3.84. The predicted octanol–water partition coefficient (Wildman–Crippen LogP) is 8.87. The van der Waals surface area contributed by atoms with E-state index in [1.165, 1.54) is 103 Å². The van der Waals surface area contributed by atoms with Crippen LogP contribution in [0.4, 0.5) is 0 Å². The summed E-state index contributed by atoms with van der Waals surface area (Å²) in [6.45, 7) is 4.59. The van der Waals surface area contributed by atoms with Gasteiger partial charge >= 0.3 is 0 Å². The number of hydrogen-bond acceptors (Lipinski definition) is 0. The molecule has 0 saturated heterocycles. The van der Waals surface area contributed by atoms with Gasteiger partial charge in [0.2, 0.25) is 0 Å². The molecule has 0 aromatic heterocycles. The van der Waals surface area contributed by atoms with E-state index in [-0.39, 0.29) is 0 Å². The molecule has 26 heavy (non-hydrogen) atoms. The van der Waals surface area contributed by atoms with Crippen LogP contribution >= 0.6 is 0 Å². The first kappa shape index (κ1) is 21.8. The number of rotatable bonds is 11. The van der Waals surface area contributed by atoms with E-state index in [0.29, 0.717) is 0 Å². The fourth-order valence-corrected chi connectivity index (χ4v) is 5.10. The van der Waals surface area contributed by atoms with Crippen molar-refractivity contribution < 1.29 is 0 Å². The minimum atomic E-state index is 0.890. The molecule has 0 heterocycles. The fourth-order valence-electron chi connectivity index (χ4n) is 5.10. The van der Waals surface area contributed by atoms with Crippen LogP contribution in [0.5, 0.6) is 0 Å². The van der Waals surface area contributed by atoms with Crippen molar-refractivity contribution >= 4 is 0 Å². The van der Waals surface area contributed by atoms with E-state index in [4.69, 9.17) is 0 Å². The van der Waals surface area contributed by atoms with E-state index in [0.717, 1.165) is 23.7 Å². The van der Waals surface area contributed by atoms with E-state index in [1.807, 2.05) is 0 Å². The van der Waals surface area contributed by atoms with Crippen molar-refractivity contribution in [3.63, 3.8) is 0 Å². The van der Waals surface area contributed by atoms with Crippen molar-refractivity contribution in [1.29, 1.82) is 0 Å². The van der Waals surface area contributed by atoms with Crippen molar-refractivity contribution in [3.8, 4) is 0 Å². The predicted molar refractivity (Wildman–Crippen MR) is 117 cm³/mol. The Balaban J connectivity index is 1.51. The summed E-state index contributed by atoms with van der Waals surface area (Å²) >= 11 is 0. The molecule has 0 radical (unpaired) electrons. The second-order valence-electron chi connectivity index (χ2n) is 9.28. The van der Waals surface area contributed by atoms with Gasteiger partial charge in [0.25, 0.3) is 0 Å². The molecule has 0 nitrogen and oxygen atoms in total. The van der Waals surface area contributed by atoms with Crippen molar-refractivity contribution in [3.05, 3.63) is 24.3 Å². The topological polar surface area (TPSA) is 0 Å². The van der Waals surface area contributed by atoms with Crippen LogP contribution in [0.3, 0.4) is 0 Å². The molecule has 0 aromatic carbocycles. The van der Waals surface area contributed by atoms with Crippen LogP contribution in [0.2, 0.25) is 0 Å². The quantitative estimate of drug-likeness (QED) is 0.255. The Morgan fingerprint density at radius 3 is 1.65 bits per heavy atom. The monoisotopic (exact) mass is 358 g/mol. The Morgan fingerprint density at radius 2 is 1.12 bits per heavy atom. The molecule has 2 rings (SSSR count). The molecule has 2 aliphatic carbocycles. The average Bonchev–Trinajstić information content (AvgIpc) is 2.68. The first-order valence-corrected chi connectivity index (χ1v) is 12.1. The average molecular weight is 359 g/mol. The van der Waals surface area contributed by atoms with Crippen LogP contribution < -0.4 is 0 Å². The smallest absolute Gasteiger partial charge is 0.0233 e. The van der Waals surface area contributed by atoms with Gasteiger partial charge in [-0.1, -0.05) is 70.3 Å². The number of hydrogen-bond donors (Lipinski definition) is 0. The summed E-state index contributed by atoms with van der Waals surface area (Å²) in [6, 6.07) is 0. The third-order valence-electron chi connectivity index (χ3n) is 7.01. The largest absolute Gasteiger partial charge is 0.0883 e. The molecule has 0 N–H and O–H groups in total. The van der Waals surface area contributed by atoms with E-state index in [1.54, 1.807) is 0 Å². The Labute approximate surface area is 164 Å². The molecule has 0 aliphatic heterocycles. The van der Waals surface area contributed by atoms with Crippen LogP contribution in [0.25, 0.3) is 0 Å². The molecule has 2 fully saturated rings. The summed E-state index contributed by atoms with van der Waals surface area (Å²) < 4.78 is 0. The zero-order chi connectivity index (χ0) is 18.5. The molecule has 0 heteroatoms. The Bertz CT molecular complexity index is 375. The molecule has 0 aromatic rings. The molecule has 150 valence electrons. The number of unbranched alkanes of at least 4 members (excludes halogenated alkanes) is 3. The zero-order valence-corrected chi connectivity index (χ0v) is 17.9. The molecular weight excluding hydrogens is 312 g/mol. The maximum absolute atomic E-state index is 2.58. The molecular formula is C26H46. The van der Waals surface area contributed by atoms with Crippen molar-refractivity contribution in [2.45, 2.75) is 117 Å². The first-order chi connectivity index (χ1) is 12.8. The normalized spacial score (nSPS) is 30.4.